The lowest BCUT2D eigenvalue weighted by Gasteiger charge is -2.50. The zero-order chi connectivity index (χ0) is 22.7. The molecule has 1 atom stereocenters. The number of hydrogen-bond acceptors (Lipinski definition) is 6. The second-order valence-corrected chi connectivity index (χ2v) is 9.62. The van der Waals surface area contributed by atoms with Gasteiger partial charge in [0.25, 0.3) is 0 Å². The summed E-state index contributed by atoms with van der Waals surface area (Å²) < 4.78 is 16.2. The maximum atomic E-state index is 13.1. The highest BCUT2D eigenvalue weighted by Gasteiger charge is 2.58. The van der Waals surface area contributed by atoms with Crippen LogP contribution in [0.4, 0.5) is 0 Å². The Labute approximate surface area is 178 Å². The zero-order valence-corrected chi connectivity index (χ0v) is 19.0. The largest absolute Gasteiger partial charge is 0.497 e. The van der Waals surface area contributed by atoms with Crippen LogP contribution in [0.3, 0.4) is 0 Å². The molecule has 0 aromatic heterocycles. The molecule has 1 aliphatic rings. The number of nitrogens with zero attached hydrogens (tertiary/aromatic N) is 1. The van der Waals surface area contributed by atoms with Crippen molar-refractivity contribution < 1.29 is 28.6 Å². The summed E-state index contributed by atoms with van der Waals surface area (Å²) in [7, 11) is 1.58. The Morgan fingerprint density at radius 2 is 1.57 bits per heavy atom. The van der Waals surface area contributed by atoms with Crippen molar-refractivity contribution in [2.45, 2.75) is 84.1 Å². The van der Waals surface area contributed by atoms with E-state index in [1.54, 1.807) is 60.8 Å². The van der Waals surface area contributed by atoms with Gasteiger partial charge in [0.15, 0.2) is 0 Å². The quantitative estimate of drug-likeness (QED) is 0.496. The molecule has 7 nitrogen and oxygen atoms in total. The van der Waals surface area contributed by atoms with Crippen molar-refractivity contribution in [2.75, 3.05) is 7.11 Å². The maximum Gasteiger partial charge on any atom is 0.333 e. The lowest BCUT2D eigenvalue weighted by molar-refractivity contribution is -0.190. The Hall–Kier alpha value is -2.57. The molecule has 1 unspecified atom stereocenters. The van der Waals surface area contributed by atoms with Gasteiger partial charge in [-0.05, 0) is 65.7 Å². The first kappa shape index (κ1) is 23.7. The molecule has 0 aliphatic carbocycles. The maximum absolute atomic E-state index is 13.1. The van der Waals surface area contributed by atoms with Gasteiger partial charge in [-0.2, -0.15) is 0 Å². The van der Waals surface area contributed by atoms with E-state index in [4.69, 9.17) is 14.2 Å². The van der Waals surface area contributed by atoms with E-state index in [-0.39, 0.29) is 31.7 Å². The Balaban J connectivity index is 2.23. The highest BCUT2D eigenvalue weighted by molar-refractivity contribution is 5.99. The molecule has 0 bridgehead atoms. The summed E-state index contributed by atoms with van der Waals surface area (Å²) in [5.74, 6) is -0.348. The van der Waals surface area contributed by atoms with Gasteiger partial charge in [-0.15, -0.1) is 0 Å². The normalized spacial score (nSPS) is 19.2. The predicted octanol–water partition coefficient (Wildman–Crippen LogP) is 3.63. The summed E-state index contributed by atoms with van der Waals surface area (Å²) in [4.78, 5) is 39.4. The third-order valence-corrected chi connectivity index (χ3v) is 4.70. The van der Waals surface area contributed by atoms with Gasteiger partial charge >= 0.3 is 11.9 Å². The van der Waals surface area contributed by atoms with E-state index < -0.39 is 28.7 Å². The van der Waals surface area contributed by atoms with E-state index in [1.165, 1.54) is 4.90 Å². The lowest BCUT2D eigenvalue weighted by atomic mass is 9.79. The number of benzene rings is 1. The summed E-state index contributed by atoms with van der Waals surface area (Å²) in [5.41, 5.74) is -1.65. The zero-order valence-electron chi connectivity index (χ0n) is 19.0. The minimum Gasteiger partial charge on any atom is -0.497 e. The number of methoxy groups -OCH3 is 1. The summed E-state index contributed by atoms with van der Waals surface area (Å²) >= 11 is 0. The first-order valence-electron chi connectivity index (χ1n) is 10.1. The van der Waals surface area contributed by atoms with Crippen LogP contribution < -0.4 is 4.74 Å². The van der Waals surface area contributed by atoms with Crippen LogP contribution in [0.25, 0.3) is 0 Å². The van der Waals surface area contributed by atoms with Crippen molar-refractivity contribution in [1.82, 2.24) is 4.90 Å². The van der Waals surface area contributed by atoms with Crippen LogP contribution in [0, 0.1) is 0 Å². The fourth-order valence-electron chi connectivity index (χ4n) is 3.32. The van der Waals surface area contributed by atoms with E-state index in [1.807, 2.05) is 12.1 Å². The van der Waals surface area contributed by atoms with Crippen molar-refractivity contribution in [3.05, 3.63) is 29.8 Å². The van der Waals surface area contributed by atoms with Gasteiger partial charge in [0.2, 0.25) is 5.91 Å². The number of amides is 1. The standard InChI is InChI=1S/C23H33NO6/c1-21(2,3)29-19(26)12-13-23(20(27)30-22(4,5)6)14-18(25)24(23)15-16-8-10-17(28-7)11-9-16/h8-11H,12-15H2,1-7H3. The Bertz CT molecular complexity index is 787. The fourth-order valence-corrected chi connectivity index (χ4v) is 3.32. The van der Waals surface area contributed by atoms with Gasteiger partial charge in [-0.25, -0.2) is 4.79 Å². The highest BCUT2D eigenvalue weighted by atomic mass is 16.6. The monoisotopic (exact) mass is 419 g/mol. The van der Waals surface area contributed by atoms with Crippen molar-refractivity contribution in [3.8, 4) is 5.75 Å². The van der Waals surface area contributed by atoms with Gasteiger partial charge in [-0.1, -0.05) is 12.1 Å². The van der Waals surface area contributed by atoms with E-state index >= 15 is 0 Å². The van der Waals surface area contributed by atoms with Crippen LogP contribution in [0.2, 0.25) is 0 Å². The van der Waals surface area contributed by atoms with Crippen LogP contribution in [-0.4, -0.2) is 46.6 Å². The van der Waals surface area contributed by atoms with Crippen molar-refractivity contribution in [1.29, 1.82) is 0 Å². The number of esters is 2. The molecule has 1 heterocycles. The van der Waals surface area contributed by atoms with Crippen molar-refractivity contribution in [2.24, 2.45) is 0 Å². The summed E-state index contributed by atoms with van der Waals surface area (Å²) in [6.45, 7) is 10.9. The number of likely N-dealkylation sites (tertiary alicyclic amines) is 1. The molecule has 30 heavy (non-hydrogen) atoms. The minimum absolute atomic E-state index is 0.0147. The number of carbonyl (C=O) groups is 3. The molecule has 1 aromatic carbocycles. The van der Waals surface area contributed by atoms with Crippen LogP contribution in [0.15, 0.2) is 24.3 Å². The third kappa shape index (κ3) is 5.97. The molecular formula is C23H33NO6. The Kier molecular flexibility index (Phi) is 6.84. The molecule has 2 rings (SSSR count). The molecule has 1 aliphatic heterocycles. The highest BCUT2D eigenvalue weighted by Crippen LogP contribution is 2.40. The molecule has 1 amide bonds. The molecule has 0 radical (unpaired) electrons. The smallest absolute Gasteiger partial charge is 0.333 e. The number of β-lactam (4-membered cyclic amide) rings is 1. The molecule has 0 spiro atoms. The summed E-state index contributed by atoms with van der Waals surface area (Å²) in [5, 5.41) is 0. The number of carbonyl (C=O) groups excluding carboxylic acids is 3. The van der Waals surface area contributed by atoms with Crippen LogP contribution >= 0.6 is 0 Å². The van der Waals surface area contributed by atoms with Gasteiger partial charge < -0.3 is 19.1 Å². The second kappa shape index (κ2) is 8.66. The van der Waals surface area contributed by atoms with Crippen molar-refractivity contribution in [3.63, 3.8) is 0 Å². The van der Waals surface area contributed by atoms with Crippen LogP contribution in [0.1, 0.15) is 66.4 Å². The van der Waals surface area contributed by atoms with E-state index in [0.717, 1.165) is 5.56 Å². The molecule has 1 fully saturated rings. The van der Waals surface area contributed by atoms with Gasteiger partial charge in [0.1, 0.15) is 22.5 Å². The number of rotatable bonds is 7. The lowest BCUT2D eigenvalue weighted by Crippen LogP contribution is -2.68. The van der Waals surface area contributed by atoms with Crippen molar-refractivity contribution >= 4 is 17.8 Å². The Morgan fingerprint density at radius 3 is 2.03 bits per heavy atom. The molecule has 7 heteroatoms. The first-order chi connectivity index (χ1) is 13.8. The molecular weight excluding hydrogens is 386 g/mol. The van der Waals surface area contributed by atoms with Gasteiger partial charge in [0.05, 0.1) is 13.5 Å². The topological polar surface area (TPSA) is 82.1 Å². The predicted molar refractivity (Wildman–Crippen MR) is 112 cm³/mol. The van der Waals surface area contributed by atoms with Gasteiger partial charge in [-0.3, -0.25) is 9.59 Å². The van der Waals surface area contributed by atoms with Gasteiger partial charge in [0, 0.05) is 13.0 Å². The third-order valence-electron chi connectivity index (χ3n) is 4.70. The average molecular weight is 420 g/mol. The second-order valence-electron chi connectivity index (χ2n) is 9.62. The number of ether oxygens (including phenoxy) is 3. The summed E-state index contributed by atoms with van der Waals surface area (Å²) in [6.07, 6.45) is 0.183. The fraction of sp³-hybridized carbons (Fsp3) is 0.609. The Morgan fingerprint density at radius 1 is 1.00 bits per heavy atom. The summed E-state index contributed by atoms with van der Waals surface area (Å²) in [6, 6.07) is 7.29. The number of hydrogen-bond donors (Lipinski definition) is 0. The molecule has 0 N–H and O–H groups in total. The van der Waals surface area contributed by atoms with E-state index in [2.05, 4.69) is 0 Å². The molecule has 1 aromatic rings. The molecule has 1 saturated heterocycles. The molecule has 166 valence electrons. The van der Waals surface area contributed by atoms with Crippen LogP contribution in [0.5, 0.6) is 5.75 Å². The van der Waals surface area contributed by atoms with Crippen LogP contribution in [-0.2, 0) is 30.4 Å². The van der Waals surface area contributed by atoms with E-state index in [9.17, 15) is 14.4 Å². The first-order valence-corrected chi connectivity index (χ1v) is 10.1. The minimum atomic E-state index is -1.18. The average Bonchev–Trinajstić information content (AvgIpc) is 2.60. The molecule has 0 saturated carbocycles. The SMILES string of the molecule is COc1ccc(CN2C(=O)CC2(CCC(=O)OC(C)(C)C)C(=O)OC(C)(C)C)cc1. The van der Waals surface area contributed by atoms with E-state index in [0.29, 0.717) is 5.75 Å².